The highest BCUT2D eigenvalue weighted by Crippen LogP contribution is 2.36. The van der Waals surface area contributed by atoms with Crippen molar-refractivity contribution in [1.82, 2.24) is 14.9 Å². The van der Waals surface area contributed by atoms with Crippen LogP contribution >= 0.6 is 0 Å². The van der Waals surface area contributed by atoms with Crippen LogP contribution in [-0.2, 0) is 20.6 Å². The van der Waals surface area contributed by atoms with E-state index in [0.29, 0.717) is 12.4 Å². The number of imidazole rings is 1. The van der Waals surface area contributed by atoms with Crippen molar-refractivity contribution in [2.45, 2.75) is 112 Å². The van der Waals surface area contributed by atoms with E-state index in [9.17, 15) is 4.79 Å². The number of benzene rings is 1. The van der Waals surface area contributed by atoms with Gasteiger partial charge in [-0.15, -0.1) is 0 Å². The number of rotatable bonds is 6. The topological polar surface area (TPSA) is 76.7 Å². The molecule has 1 amide bonds. The molecule has 0 bridgehead atoms. The molecule has 7 nitrogen and oxygen atoms in total. The fourth-order valence-electron chi connectivity index (χ4n) is 3.61. The van der Waals surface area contributed by atoms with Gasteiger partial charge in [0.2, 0.25) is 0 Å². The Balaban J connectivity index is 0.00000222. The molecule has 1 N–H and O–H groups in total. The SMILES string of the molecule is CC.CC(C)[C@@H](C)N(Cc1ncc(-c2ccc(B3OC(C)(C)C(C)(C)O3)cc2)[nH]1)C(=O)OC(C)(C)C. The molecule has 8 heteroatoms. The van der Waals surface area contributed by atoms with Crippen molar-refractivity contribution in [2.75, 3.05) is 0 Å². The number of carbonyl (C=O) groups excluding carboxylic acids is 1. The Labute approximate surface area is 218 Å². The third kappa shape index (κ3) is 7.13. The standard InChI is InChI=1S/C26H40BN3O4.C2H6/c1-17(2)18(3)30(23(31)32-24(4,5)6)16-22-28-15-21(29-22)19-11-13-20(14-12-19)27-33-25(7,8)26(9,10)34-27;1-2/h11-15,17-18H,16H2,1-10H3,(H,28,29);1-2H3/t18-;/m1./s1. The van der Waals surface area contributed by atoms with E-state index >= 15 is 0 Å². The maximum absolute atomic E-state index is 12.9. The summed E-state index contributed by atoms with van der Waals surface area (Å²) >= 11 is 0. The zero-order valence-electron chi connectivity index (χ0n) is 24.4. The van der Waals surface area contributed by atoms with Crippen molar-refractivity contribution in [1.29, 1.82) is 0 Å². The minimum absolute atomic E-state index is 0.00240. The van der Waals surface area contributed by atoms with Crippen LogP contribution in [0.5, 0.6) is 0 Å². The Kier molecular flexibility index (Phi) is 9.46. The van der Waals surface area contributed by atoms with E-state index in [1.54, 1.807) is 11.1 Å². The average molecular weight is 500 g/mol. The minimum atomic E-state index is -0.556. The molecular weight excluding hydrogens is 453 g/mol. The molecule has 2 heterocycles. The first-order valence-electron chi connectivity index (χ1n) is 13.1. The summed E-state index contributed by atoms with van der Waals surface area (Å²) < 4.78 is 17.9. The zero-order chi connectivity index (χ0) is 27.5. The minimum Gasteiger partial charge on any atom is -0.444 e. The molecule has 0 aliphatic carbocycles. The highest BCUT2D eigenvalue weighted by Gasteiger charge is 2.51. The van der Waals surface area contributed by atoms with Crippen LogP contribution in [0.3, 0.4) is 0 Å². The van der Waals surface area contributed by atoms with Gasteiger partial charge in [0.25, 0.3) is 0 Å². The number of amides is 1. The Morgan fingerprint density at radius 2 is 1.58 bits per heavy atom. The lowest BCUT2D eigenvalue weighted by atomic mass is 9.79. The maximum atomic E-state index is 12.9. The van der Waals surface area contributed by atoms with Gasteiger partial charge in [0.05, 0.1) is 29.6 Å². The zero-order valence-corrected chi connectivity index (χ0v) is 24.4. The molecule has 1 aromatic carbocycles. The molecule has 1 saturated heterocycles. The Bertz CT molecular complexity index is 977. The van der Waals surface area contributed by atoms with E-state index < -0.39 is 12.7 Å². The van der Waals surface area contributed by atoms with Gasteiger partial charge in [-0.3, -0.25) is 4.90 Å². The third-order valence-electron chi connectivity index (χ3n) is 6.78. The molecule has 0 spiro atoms. The van der Waals surface area contributed by atoms with Crippen LogP contribution in [0, 0.1) is 5.92 Å². The Morgan fingerprint density at radius 3 is 2.06 bits per heavy atom. The summed E-state index contributed by atoms with van der Waals surface area (Å²) in [6.07, 6.45) is 1.46. The molecular formula is C28H46BN3O4. The molecule has 2 aromatic rings. The number of hydrogen-bond acceptors (Lipinski definition) is 5. The molecule has 200 valence electrons. The van der Waals surface area contributed by atoms with Gasteiger partial charge >= 0.3 is 13.2 Å². The van der Waals surface area contributed by atoms with Gasteiger partial charge in [-0.25, -0.2) is 9.78 Å². The molecule has 0 radical (unpaired) electrons. The fraction of sp³-hybridized carbons (Fsp3) is 0.643. The van der Waals surface area contributed by atoms with Gasteiger partial charge in [-0.05, 0) is 72.3 Å². The molecule has 1 aliphatic heterocycles. The molecule has 1 atom stereocenters. The summed E-state index contributed by atoms with van der Waals surface area (Å²) in [6, 6.07) is 8.10. The summed E-state index contributed by atoms with van der Waals surface area (Å²) in [4.78, 5) is 22.5. The summed E-state index contributed by atoms with van der Waals surface area (Å²) in [7, 11) is -0.392. The highest BCUT2D eigenvalue weighted by atomic mass is 16.7. The van der Waals surface area contributed by atoms with E-state index in [4.69, 9.17) is 14.0 Å². The third-order valence-corrected chi connectivity index (χ3v) is 6.78. The number of aromatic nitrogens is 2. The van der Waals surface area contributed by atoms with Crippen molar-refractivity contribution in [3.05, 3.63) is 36.3 Å². The molecule has 1 fully saturated rings. The lowest BCUT2D eigenvalue weighted by molar-refractivity contribution is 0.00578. The van der Waals surface area contributed by atoms with Gasteiger partial charge in [0, 0.05) is 6.04 Å². The van der Waals surface area contributed by atoms with Crippen LogP contribution in [0.4, 0.5) is 4.79 Å². The van der Waals surface area contributed by atoms with Crippen molar-refractivity contribution in [2.24, 2.45) is 5.92 Å². The van der Waals surface area contributed by atoms with Crippen LogP contribution < -0.4 is 5.46 Å². The highest BCUT2D eigenvalue weighted by molar-refractivity contribution is 6.62. The number of H-pyrrole nitrogens is 1. The van der Waals surface area contributed by atoms with Crippen LogP contribution in [0.15, 0.2) is 30.5 Å². The van der Waals surface area contributed by atoms with Crippen LogP contribution in [0.1, 0.15) is 88.9 Å². The largest absolute Gasteiger partial charge is 0.494 e. The van der Waals surface area contributed by atoms with Gasteiger partial charge < -0.3 is 19.0 Å². The van der Waals surface area contributed by atoms with E-state index in [2.05, 4.69) is 23.8 Å². The summed E-state index contributed by atoms with van der Waals surface area (Å²) in [5, 5.41) is 0. The molecule has 0 saturated carbocycles. The summed E-state index contributed by atoms with van der Waals surface area (Å²) in [6.45, 7) is 24.4. The second kappa shape index (κ2) is 11.4. The Morgan fingerprint density at radius 1 is 1.06 bits per heavy atom. The van der Waals surface area contributed by atoms with E-state index in [1.165, 1.54) is 0 Å². The van der Waals surface area contributed by atoms with Crippen molar-refractivity contribution < 1.29 is 18.8 Å². The van der Waals surface area contributed by atoms with Gasteiger partial charge in [0.15, 0.2) is 0 Å². The normalized spacial score (nSPS) is 17.4. The van der Waals surface area contributed by atoms with Crippen LogP contribution in [0.25, 0.3) is 11.3 Å². The number of ether oxygens (including phenoxy) is 1. The lowest BCUT2D eigenvalue weighted by Crippen LogP contribution is -2.44. The molecule has 1 aromatic heterocycles. The first-order chi connectivity index (χ1) is 16.6. The van der Waals surface area contributed by atoms with E-state index in [-0.39, 0.29) is 29.3 Å². The van der Waals surface area contributed by atoms with Crippen molar-refractivity contribution in [3.8, 4) is 11.3 Å². The van der Waals surface area contributed by atoms with Crippen LogP contribution in [0.2, 0.25) is 0 Å². The molecule has 36 heavy (non-hydrogen) atoms. The number of nitrogens with one attached hydrogen (secondary N) is 1. The smallest absolute Gasteiger partial charge is 0.444 e. The van der Waals surface area contributed by atoms with Gasteiger partial charge in [-0.1, -0.05) is 52.0 Å². The lowest BCUT2D eigenvalue weighted by Gasteiger charge is -2.33. The Hall–Kier alpha value is -2.32. The fourth-order valence-corrected chi connectivity index (χ4v) is 3.61. The predicted molar refractivity (Wildman–Crippen MR) is 147 cm³/mol. The van der Waals surface area contributed by atoms with Gasteiger partial charge in [0.1, 0.15) is 11.4 Å². The van der Waals surface area contributed by atoms with Crippen molar-refractivity contribution >= 4 is 18.7 Å². The summed E-state index contributed by atoms with van der Waals surface area (Å²) in [5.41, 5.74) is 1.56. The monoisotopic (exact) mass is 499 g/mol. The first-order valence-corrected chi connectivity index (χ1v) is 13.1. The number of aromatic amines is 1. The maximum Gasteiger partial charge on any atom is 0.494 e. The van der Waals surface area contributed by atoms with E-state index in [1.807, 2.05) is 93.5 Å². The van der Waals surface area contributed by atoms with Crippen LogP contribution in [-0.4, -0.2) is 50.9 Å². The number of nitrogens with zero attached hydrogens (tertiary/aromatic N) is 2. The predicted octanol–water partition coefficient (Wildman–Crippen LogP) is 6.18. The number of carbonyl (C=O) groups is 1. The summed E-state index contributed by atoms with van der Waals surface area (Å²) in [5.74, 6) is 0.993. The average Bonchev–Trinajstić information content (AvgIpc) is 3.33. The second-order valence-electron chi connectivity index (χ2n) is 11.5. The first kappa shape index (κ1) is 29.9. The molecule has 1 aliphatic rings. The molecule has 0 unspecified atom stereocenters. The number of hydrogen-bond donors (Lipinski definition) is 1. The van der Waals surface area contributed by atoms with Gasteiger partial charge in [-0.2, -0.15) is 0 Å². The quantitative estimate of drug-likeness (QED) is 0.480. The van der Waals surface area contributed by atoms with Crippen molar-refractivity contribution in [3.63, 3.8) is 0 Å². The van der Waals surface area contributed by atoms with E-state index in [0.717, 1.165) is 16.7 Å². The second-order valence-corrected chi connectivity index (χ2v) is 11.5. The molecule has 3 rings (SSSR count).